The molecule has 2 saturated carbocycles. The largest absolute Gasteiger partial charge is 0.351 e. The Morgan fingerprint density at radius 1 is 0.769 bits per heavy atom. The summed E-state index contributed by atoms with van der Waals surface area (Å²) in [4.78, 5) is 19.5. The highest BCUT2D eigenvalue weighted by Gasteiger charge is 2.52. The van der Waals surface area contributed by atoms with Crippen LogP contribution in [0, 0.1) is 35.8 Å². The van der Waals surface area contributed by atoms with Gasteiger partial charge in [0.2, 0.25) is 5.00 Å². The average molecular weight is 563 g/mol. The van der Waals surface area contributed by atoms with Crippen LogP contribution in [0.25, 0.3) is 34.9 Å². The van der Waals surface area contributed by atoms with Crippen molar-refractivity contribution < 1.29 is 0 Å². The summed E-state index contributed by atoms with van der Waals surface area (Å²) < 4.78 is 2.77. The van der Waals surface area contributed by atoms with Gasteiger partial charge in [-0.25, -0.2) is 10.5 Å². The number of rotatable bonds is 2. The van der Waals surface area contributed by atoms with Crippen molar-refractivity contribution in [3.8, 4) is 21.9 Å². The van der Waals surface area contributed by atoms with Gasteiger partial charge in [0.05, 0.1) is 24.6 Å². The number of allylic oxidation sites excluding steroid dienone is 1. The lowest BCUT2D eigenvalue weighted by atomic mass is 9.68. The second-order valence-corrected chi connectivity index (χ2v) is 13.9. The summed E-state index contributed by atoms with van der Waals surface area (Å²) in [7, 11) is 0. The highest BCUT2D eigenvalue weighted by Crippen LogP contribution is 2.67. The summed E-state index contributed by atoms with van der Waals surface area (Å²) in [6.07, 6.45) is 13.5. The lowest BCUT2D eigenvalue weighted by Crippen LogP contribution is -2.29. The molecule has 2 spiro atoms. The Morgan fingerprint density at radius 3 is 2.03 bits per heavy atom. The van der Waals surface area contributed by atoms with Crippen molar-refractivity contribution in [2.24, 2.45) is 9.98 Å². The van der Waals surface area contributed by atoms with Crippen LogP contribution >= 0.6 is 34.0 Å². The molecular formula is C30H22N6S3. The molecule has 6 nitrogen and oxygen atoms in total. The zero-order valence-electron chi connectivity index (χ0n) is 21.1. The van der Waals surface area contributed by atoms with E-state index in [2.05, 4.69) is 31.8 Å². The van der Waals surface area contributed by atoms with Crippen LogP contribution in [0.4, 0.5) is 5.00 Å². The van der Waals surface area contributed by atoms with Crippen molar-refractivity contribution in [2.45, 2.75) is 75.0 Å². The topological polar surface area (TPSA) is 81.0 Å². The van der Waals surface area contributed by atoms with Gasteiger partial charge in [-0.3, -0.25) is 0 Å². The molecule has 0 aliphatic heterocycles. The number of nitrogens with zero attached hydrogens (tertiary/aromatic N) is 6. The summed E-state index contributed by atoms with van der Waals surface area (Å²) in [6.45, 7) is 14.7. The monoisotopic (exact) mass is 562 g/mol. The summed E-state index contributed by atoms with van der Waals surface area (Å²) in [6, 6.07) is 6.04. The van der Waals surface area contributed by atoms with Gasteiger partial charge in [-0.1, -0.05) is 68.0 Å². The molecule has 3 aromatic rings. The van der Waals surface area contributed by atoms with Gasteiger partial charge in [0.1, 0.15) is 17.8 Å². The Labute approximate surface area is 238 Å². The molecule has 9 heteroatoms. The van der Waals surface area contributed by atoms with E-state index < -0.39 is 0 Å². The van der Waals surface area contributed by atoms with Crippen LogP contribution in [-0.4, -0.2) is 11.7 Å². The zero-order chi connectivity index (χ0) is 26.8. The molecule has 0 atom stereocenters. The fraction of sp³-hybridized carbons (Fsp3) is 0.400. The Hall–Kier alpha value is -3.60. The maximum Gasteiger partial charge on any atom is 0.350 e. The molecule has 0 saturated heterocycles. The maximum atomic E-state index is 9.45. The molecule has 0 N–H and O–H groups in total. The fourth-order valence-electron chi connectivity index (χ4n) is 7.43. The summed E-state index contributed by atoms with van der Waals surface area (Å²) in [5.74, 6) is -0.202. The minimum Gasteiger partial charge on any atom is -0.351 e. The first-order valence-corrected chi connectivity index (χ1v) is 15.7. The van der Waals surface area contributed by atoms with Crippen molar-refractivity contribution in [2.75, 3.05) is 0 Å². The van der Waals surface area contributed by atoms with Crippen LogP contribution in [0.2, 0.25) is 0 Å². The lowest BCUT2D eigenvalue weighted by molar-refractivity contribution is 0.346. The predicted molar refractivity (Wildman–Crippen MR) is 159 cm³/mol. The van der Waals surface area contributed by atoms with Crippen molar-refractivity contribution >= 4 is 66.2 Å². The number of hydrogen-bond donors (Lipinski definition) is 0. The molecule has 3 aromatic heterocycles. The van der Waals surface area contributed by atoms with Crippen molar-refractivity contribution in [1.29, 1.82) is 10.5 Å². The van der Waals surface area contributed by atoms with Gasteiger partial charge >= 0.3 is 11.7 Å². The van der Waals surface area contributed by atoms with Crippen LogP contribution in [-0.2, 0) is 10.8 Å². The van der Waals surface area contributed by atoms with E-state index in [9.17, 15) is 10.5 Å². The van der Waals surface area contributed by atoms with Crippen LogP contribution in [0.5, 0.6) is 0 Å². The molecule has 0 radical (unpaired) electrons. The van der Waals surface area contributed by atoms with E-state index in [-0.39, 0.29) is 22.5 Å². The summed E-state index contributed by atoms with van der Waals surface area (Å²) in [5, 5.41) is 19.5. The third kappa shape index (κ3) is 3.31. The third-order valence-electron chi connectivity index (χ3n) is 8.97. The van der Waals surface area contributed by atoms with Crippen molar-refractivity contribution in [1.82, 2.24) is 0 Å². The summed E-state index contributed by atoms with van der Waals surface area (Å²) >= 11 is 5.38. The van der Waals surface area contributed by atoms with E-state index in [1.165, 1.54) is 66.4 Å². The minimum absolute atomic E-state index is 0.0303. The molecule has 4 aliphatic rings. The lowest BCUT2D eigenvalue weighted by Gasteiger charge is -2.35. The Kier molecular flexibility index (Phi) is 5.62. The van der Waals surface area contributed by atoms with Crippen molar-refractivity contribution in [3.63, 3.8) is 0 Å². The van der Waals surface area contributed by atoms with Crippen LogP contribution in [0.3, 0.4) is 0 Å². The van der Waals surface area contributed by atoms with Gasteiger partial charge in [-0.05, 0) is 31.2 Å². The van der Waals surface area contributed by atoms with Gasteiger partial charge in [0, 0.05) is 33.6 Å². The number of nitriles is 2. The van der Waals surface area contributed by atoms with Gasteiger partial charge in [-0.15, -0.1) is 27.7 Å². The molecule has 7 rings (SSSR count). The maximum absolute atomic E-state index is 9.45. The van der Waals surface area contributed by atoms with Crippen LogP contribution in [0.1, 0.15) is 85.8 Å². The predicted octanol–water partition coefficient (Wildman–Crippen LogP) is 9.13. The highest BCUT2D eigenvalue weighted by atomic mass is 32.1. The zero-order valence-corrected chi connectivity index (χ0v) is 23.6. The number of thiophene rings is 3. The Morgan fingerprint density at radius 2 is 1.38 bits per heavy atom. The van der Waals surface area contributed by atoms with Crippen LogP contribution < -0.4 is 0 Å². The van der Waals surface area contributed by atoms with E-state index >= 15 is 0 Å². The number of hydrogen-bond acceptors (Lipinski definition) is 7. The first-order chi connectivity index (χ1) is 19.1. The van der Waals surface area contributed by atoms with Crippen molar-refractivity contribution in [3.05, 3.63) is 56.2 Å². The molecule has 39 heavy (non-hydrogen) atoms. The number of aliphatic imine (C=N–C) groups is 2. The molecule has 2 fully saturated rings. The molecule has 3 heterocycles. The molecule has 4 aliphatic carbocycles. The first kappa shape index (κ1) is 24.4. The third-order valence-corrected chi connectivity index (χ3v) is 12.7. The normalized spacial score (nSPS) is 20.6. The average Bonchev–Trinajstić information content (AvgIpc) is 3.73. The molecule has 0 amide bonds. The minimum atomic E-state index is -0.220. The number of amidine groups is 2. The second kappa shape index (κ2) is 8.97. The SMILES string of the molecule is [C-]#[N+]C(C#N)=NC1=Cc2sc3c4c(sc3c2C12CCCCC2)-c1sc(/N=C(/C#N)[N+]#[C-])cc1C41CCCCC1. The standard InChI is InChI=1S/C30H22N6S3/c1-33-20(15-31)35-19-14-18-23(30(19)11-7-4-8-12-30)26-28(37-18)24-27(39-26)25-17(29(24)9-5-3-6-10-29)13-22(38-25)36-21(16-32)34-2/h13-14H,3-12H2/b35-20?,36-21-. The van der Waals surface area contributed by atoms with E-state index in [4.69, 9.17) is 13.1 Å². The fourth-order valence-corrected chi connectivity index (χ4v) is 11.9. The molecule has 0 unspecified atom stereocenters. The smallest absolute Gasteiger partial charge is 0.350 e. The Bertz CT molecular complexity index is 1790. The van der Waals surface area contributed by atoms with E-state index in [1.54, 1.807) is 11.3 Å². The van der Waals surface area contributed by atoms with E-state index in [1.807, 2.05) is 34.8 Å². The second-order valence-electron chi connectivity index (χ2n) is 10.8. The molecule has 190 valence electrons. The Balaban J connectivity index is 1.46. The molecule has 0 bridgehead atoms. The highest BCUT2D eigenvalue weighted by molar-refractivity contribution is 7.33. The van der Waals surface area contributed by atoms with Crippen LogP contribution in [0.15, 0.2) is 21.7 Å². The molecular weight excluding hydrogens is 541 g/mol. The van der Waals surface area contributed by atoms with E-state index in [0.717, 1.165) is 49.2 Å². The number of fused-ring (bicyclic) bond motifs is 10. The van der Waals surface area contributed by atoms with Gasteiger partial charge < -0.3 is 9.69 Å². The van der Waals surface area contributed by atoms with Gasteiger partial charge in [0.25, 0.3) is 0 Å². The first-order valence-electron chi connectivity index (χ1n) is 13.3. The summed E-state index contributed by atoms with van der Waals surface area (Å²) in [5.41, 5.74) is 4.86. The van der Waals surface area contributed by atoms with Gasteiger partial charge in [0.15, 0.2) is 0 Å². The quantitative estimate of drug-likeness (QED) is 0.177. The van der Waals surface area contributed by atoms with Gasteiger partial charge in [-0.2, -0.15) is 0 Å². The molecule has 0 aromatic carbocycles. The van der Waals surface area contributed by atoms with E-state index in [0.29, 0.717) is 0 Å².